The number of aliphatic hydroxyl groups is 1. The summed E-state index contributed by atoms with van der Waals surface area (Å²) in [5.74, 6) is 0.348. The van der Waals surface area contributed by atoms with Crippen LogP contribution in [-0.4, -0.2) is 24.3 Å². The number of hydrogen-bond acceptors (Lipinski definition) is 3. The van der Waals surface area contributed by atoms with E-state index < -0.39 is 0 Å². The summed E-state index contributed by atoms with van der Waals surface area (Å²) >= 11 is 0. The van der Waals surface area contributed by atoms with Crippen LogP contribution in [0.2, 0.25) is 0 Å². The lowest BCUT2D eigenvalue weighted by molar-refractivity contribution is -0.148. The van der Waals surface area contributed by atoms with Crippen molar-refractivity contribution in [3.05, 3.63) is 0 Å². The van der Waals surface area contributed by atoms with Gasteiger partial charge in [0.25, 0.3) is 0 Å². The highest BCUT2D eigenvalue weighted by Gasteiger charge is 2.35. The van der Waals surface area contributed by atoms with Gasteiger partial charge in [-0.05, 0) is 18.8 Å². The van der Waals surface area contributed by atoms with Gasteiger partial charge in [0.05, 0.1) is 13.0 Å². The largest absolute Gasteiger partial charge is 0.465 e. The Morgan fingerprint density at radius 2 is 1.88 bits per heavy atom. The third-order valence-electron chi connectivity index (χ3n) is 4.15. The van der Waals surface area contributed by atoms with Gasteiger partial charge in [0.15, 0.2) is 0 Å². The van der Waals surface area contributed by atoms with Crippen molar-refractivity contribution in [1.29, 1.82) is 0 Å². The lowest BCUT2D eigenvalue weighted by Crippen LogP contribution is -2.27. The van der Waals surface area contributed by atoms with Crippen LogP contribution in [0, 0.1) is 11.3 Å². The van der Waals surface area contributed by atoms with Crippen LogP contribution in [0.3, 0.4) is 0 Å². The van der Waals surface area contributed by atoms with Crippen molar-refractivity contribution in [2.24, 2.45) is 11.3 Å². The monoisotopic (exact) mass is 242 g/mol. The standard InChI is InChI=1S/C14H26O3/c1-3-12(4-2)10-17-13(16)9-14(11-15)7-5-6-8-14/h12,15H,3-11H2,1-2H3. The van der Waals surface area contributed by atoms with Crippen LogP contribution in [0.25, 0.3) is 0 Å². The maximum atomic E-state index is 11.8. The molecule has 3 heteroatoms. The van der Waals surface area contributed by atoms with Gasteiger partial charge in [-0.1, -0.05) is 39.5 Å². The number of aliphatic hydroxyl groups excluding tert-OH is 1. The Balaban J connectivity index is 2.33. The van der Waals surface area contributed by atoms with Crippen molar-refractivity contribution in [1.82, 2.24) is 0 Å². The lowest BCUT2D eigenvalue weighted by atomic mass is 9.84. The topological polar surface area (TPSA) is 46.5 Å². The number of carbonyl (C=O) groups is 1. The number of carbonyl (C=O) groups excluding carboxylic acids is 1. The summed E-state index contributed by atoms with van der Waals surface area (Å²) in [6, 6.07) is 0. The van der Waals surface area contributed by atoms with Gasteiger partial charge in [0, 0.05) is 12.0 Å². The summed E-state index contributed by atoms with van der Waals surface area (Å²) in [7, 11) is 0. The van der Waals surface area contributed by atoms with E-state index in [4.69, 9.17) is 4.74 Å². The molecule has 0 aliphatic heterocycles. The van der Waals surface area contributed by atoms with Crippen LogP contribution in [0.15, 0.2) is 0 Å². The van der Waals surface area contributed by atoms with Gasteiger partial charge in [-0.2, -0.15) is 0 Å². The molecule has 0 atom stereocenters. The molecule has 1 saturated carbocycles. The first-order valence-corrected chi connectivity index (χ1v) is 6.92. The van der Waals surface area contributed by atoms with Crippen molar-refractivity contribution in [3.63, 3.8) is 0 Å². The van der Waals surface area contributed by atoms with Gasteiger partial charge < -0.3 is 9.84 Å². The molecular weight excluding hydrogens is 216 g/mol. The molecule has 1 aliphatic carbocycles. The zero-order valence-electron chi connectivity index (χ0n) is 11.2. The van der Waals surface area contributed by atoms with Crippen LogP contribution < -0.4 is 0 Å². The highest BCUT2D eigenvalue weighted by Crippen LogP contribution is 2.40. The minimum atomic E-state index is -0.176. The predicted molar refractivity (Wildman–Crippen MR) is 67.6 cm³/mol. The van der Waals surface area contributed by atoms with E-state index in [-0.39, 0.29) is 18.0 Å². The second-order valence-corrected chi connectivity index (χ2v) is 5.41. The van der Waals surface area contributed by atoms with Crippen molar-refractivity contribution < 1.29 is 14.6 Å². The van der Waals surface area contributed by atoms with E-state index in [1.54, 1.807) is 0 Å². The minimum absolute atomic E-state index is 0.118. The fourth-order valence-electron chi connectivity index (χ4n) is 2.61. The molecule has 0 aromatic carbocycles. The van der Waals surface area contributed by atoms with Crippen molar-refractivity contribution in [2.75, 3.05) is 13.2 Å². The average Bonchev–Trinajstić information content (AvgIpc) is 2.79. The fraction of sp³-hybridized carbons (Fsp3) is 0.929. The summed E-state index contributed by atoms with van der Waals surface area (Å²) in [6.45, 7) is 4.89. The summed E-state index contributed by atoms with van der Waals surface area (Å²) in [5, 5.41) is 9.43. The smallest absolute Gasteiger partial charge is 0.306 e. The molecule has 0 unspecified atom stereocenters. The molecular formula is C14H26O3. The van der Waals surface area contributed by atoms with E-state index in [9.17, 15) is 9.90 Å². The molecule has 0 heterocycles. The second kappa shape index (κ2) is 7.00. The van der Waals surface area contributed by atoms with Crippen molar-refractivity contribution in [3.8, 4) is 0 Å². The van der Waals surface area contributed by atoms with Crippen molar-refractivity contribution in [2.45, 2.75) is 58.8 Å². The molecule has 0 aromatic rings. The van der Waals surface area contributed by atoms with Crippen LogP contribution in [0.4, 0.5) is 0 Å². The van der Waals surface area contributed by atoms with Crippen LogP contribution in [0.5, 0.6) is 0 Å². The SMILES string of the molecule is CCC(CC)COC(=O)CC1(CO)CCCC1. The fourth-order valence-corrected chi connectivity index (χ4v) is 2.61. The van der Waals surface area contributed by atoms with Crippen LogP contribution in [-0.2, 0) is 9.53 Å². The number of esters is 1. The minimum Gasteiger partial charge on any atom is -0.465 e. The maximum Gasteiger partial charge on any atom is 0.306 e. The van der Waals surface area contributed by atoms with Gasteiger partial charge in [-0.3, -0.25) is 4.79 Å². The average molecular weight is 242 g/mol. The summed E-state index contributed by atoms with van der Waals surface area (Å²) < 4.78 is 5.32. The first kappa shape index (κ1) is 14.5. The van der Waals surface area contributed by atoms with Crippen LogP contribution >= 0.6 is 0 Å². The number of ether oxygens (including phenoxy) is 1. The molecule has 0 amide bonds. The Hall–Kier alpha value is -0.570. The molecule has 1 fully saturated rings. The summed E-state index contributed by atoms with van der Waals surface area (Å²) in [4.78, 5) is 11.8. The van der Waals surface area contributed by atoms with Gasteiger partial charge in [-0.25, -0.2) is 0 Å². The Morgan fingerprint density at radius 3 is 2.35 bits per heavy atom. The molecule has 0 saturated heterocycles. The Kier molecular flexibility index (Phi) is 5.96. The molecule has 100 valence electrons. The van der Waals surface area contributed by atoms with Crippen LogP contribution in [0.1, 0.15) is 58.8 Å². The molecule has 1 N–H and O–H groups in total. The van der Waals surface area contributed by atoms with Gasteiger partial charge in [0.1, 0.15) is 0 Å². The second-order valence-electron chi connectivity index (χ2n) is 5.41. The van der Waals surface area contributed by atoms with E-state index in [0.29, 0.717) is 18.9 Å². The van der Waals surface area contributed by atoms with E-state index in [1.807, 2.05) is 0 Å². The Morgan fingerprint density at radius 1 is 1.29 bits per heavy atom. The molecule has 3 nitrogen and oxygen atoms in total. The Labute approximate surface area is 105 Å². The quantitative estimate of drug-likeness (QED) is 0.698. The van der Waals surface area contributed by atoms with E-state index in [2.05, 4.69) is 13.8 Å². The normalized spacial score (nSPS) is 18.6. The highest BCUT2D eigenvalue weighted by molar-refractivity contribution is 5.70. The molecule has 1 rings (SSSR count). The Bertz CT molecular complexity index is 228. The zero-order chi connectivity index (χ0) is 12.7. The highest BCUT2D eigenvalue weighted by atomic mass is 16.5. The van der Waals surface area contributed by atoms with Crippen molar-refractivity contribution >= 4 is 5.97 Å². The third-order valence-corrected chi connectivity index (χ3v) is 4.15. The first-order valence-electron chi connectivity index (χ1n) is 6.92. The predicted octanol–water partition coefficient (Wildman–Crippen LogP) is 2.91. The third kappa shape index (κ3) is 4.30. The lowest BCUT2D eigenvalue weighted by Gasteiger charge is -2.25. The van der Waals surface area contributed by atoms with Gasteiger partial charge in [-0.15, -0.1) is 0 Å². The molecule has 1 aliphatic rings. The zero-order valence-corrected chi connectivity index (χ0v) is 11.2. The molecule has 0 bridgehead atoms. The van der Waals surface area contributed by atoms with E-state index >= 15 is 0 Å². The van der Waals surface area contributed by atoms with E-state index in [1.165, 1.54) is 0 Å². The summed E-state index contributed by atoms with van der Waals surface area (Å²) in [5.41, 5.74) is -0.176. The molecule has 0 radical (unpaired) electrons. The van der Waals surface area contributed by atoms with Gasteiger partial charge >= 0.3 is 5.97 Å². The molecule has 0 spiro atoms. The molecule has 17 heavy (non-hydrogen) atoms. The maximum absolute atomic E-state index is 11.8. The number of hydrogen-bond donors (Lipinski definition) is 1. The summed E-state index contributed by atoms with van der Waals surface area (Å²) in [6.07, 6.45) is 6.67. The first-order chi connectivity index (χ1) is 8.15. The molecule has 0 aromatic heterocycles. The number of rotatable bonds is 7. The van der Waals surface area contributed by atoms with E-state index in [0.717, 1.165) is 38.5 Å². The van der Waals surface area contributed by atoms with Gasteiger partial charge in [0.2, 0.25) is 0 Å².